The number of alkyl halides is 3. The minimum absolute atomic E-state index is 0.0654. The first kappa shape index (κ1) is 24.4. The van der Waals surface area contributed by atoms with Crippen LogP contribution in [0, 0.1) is 11.6 Å². The molecule has 0 atom stereocenters. The normalized spacial score (nSPS) is 12.6. The van der Waals surface area contributed by atoms with Crippen LogP contribution in [0.3, 0.4) is 0 Å². The van der Waals surface area contributed by atoms with Crippen molar-refractivity contribution in [2.75, 3.05) is 0 Å². The van der Waals surface area contributed by atoms with Crippen molar-refractivity contribution in [1.82, 2.24) is 15.0 Å². The van der Waals surface area contributed by atoms with E-state index in [1.807, 2.05) is 6.07 Å². The maximum atomic E-state index is 14.6. The maximum absolute atomic E-state index is 14.6. The number of halogens is 5. The number of rotatable bonds is 6. The number of ketones is 1. The molecule has 1 aliphatic rings. The molecular weight excluding hydrogens is 491 g/mol. The van der Waals surface area contributed by atoms with E-state index >= 15 is 0 Å². The molecule has 4 aromatic rings. The Balaban J connectivity index is 1.43. The Morgan fingerprint density at radius 2 is 1.76 bits per heavy atom. The molecule has 2 aromatic heterocycles. The quantitative estimate of drug-likeness (QED) is 0.233. The van der Waals surface area contributed by atoms with Gasteiger partial charge in [0.15, 0.2) is 5.78 Å². The van der Waals surface area contributed by atoms with Gasteiger partial charge in [-0.25, -0.2) is 18.7 Å². The molecule has 0 spiro atoms. The summed E-state index contributed by atoms with van der Waals surface area (Å²) in [5.74, 6) is -2.80. The zero-order valence-corrected chi connectivity index (χ0v) is 19.1. The summed E-state index contributed by atoms with van der Waals surface area (Å²) in [6, 6.07) is 9.29. The van der Waals surface area contributed by atoms with Crippen LogP contribution in [-0.2, 0) is 25.4 Å². The van der Waals surface area contributed by atoms with Crippen molar-refractivity contribution >= 4 is 17.7 Å². The Kier molecular flexibility index (Phi) is 6.32. The smallest absolute Gasteiger partial charge is 0.294 e. The Labute approximate surface area is 207 Å². The zero-order chi connectivity index (χ0) is 26.2. The van der Waals surface area contributed by atoms with Crippen molar-refractivity contribution < 1.29 is 26.7 Å². The van der Waals surface area contributed by atoms with Gasteiger partial charge in [-0.05, 0) is 47.5 Å². The molecule has 37 heavy (non-hydrogen) atoms. The van der Waals surface area contributed by atoms with E-state index in [4.69, 9.17) is 0 Å². The first-order valence-corrected chi connectivity index (χ1v) is 11.2. The van der Waals surface area contributed by atoms with Gasteiger partial charge >= 0.3 is 6.18 Å². The van der Waals surface area contributed by atoms with Crippen molar-refractivity contribution in [3.05, 3.63) is 106 Å². The fraction of sp³-hybridized carbons (Fsp3) is 0.148. The van der Waals surface area contributed by atoms with Crippen LogP contribution in [0.2, 0.25) is 0 Å². The number of nitrogens with zero attached hydrogens (tertiary/aromatic N) is 4. The Morgan fingerprint density at radius 1 is 0.946 bits per heavy atom. The number of hydrogen-bond donors (Lipinski definition) is 0. The fourth-order valence-corrected chi connectivity index (χ4v) is 4.17. The molecule has 0 saturated heterocycles. The second-order valence-corrected chi connectivity index (χ2v) is 8.43. The van der Waals surface area contributed by atoms with Crippen molar-refractivity contribution in [3.63, 3.8) is 0 Å². The molecule has 0 saturated carbocycles. The van der Waals surface area contributed by atoms with Gasteiger partial charge in [-0.15, -0.1) is 0 Å². The molecule has 0 unspecified atom stereocenters. The molecule has 0 radical (unpaired) electrons. The summed E-state index contributed by atoms with van der Waals surface area (Å²) >= 11 is 0. The molecule has 0 N–H and O–H groups in total. The first-order chi connectivity index (χ1) is 17.7. The van der Waals surface area contributed by atoms with Crippen LogP contribution < -0.4 is 0 Å². The van der Waals surface area contributed by atoms with Gasteiger partial charge in [0.2, 0.25) is 0 Å². The fourth-order valence-electron chi connectivity index (χ4n) is 4.17. The Morgan fingerprint density at radius 3 is 2.57 bits per heavy atom. The van der Waals surface area contributed by atoms with Crippen LogP contribution in [0.5, 0.6) is 0 Å². The topological polar surface area (TPSA) is 68.1 Å². The van der Waals surface area contributed by atoms with Gasteiger partial charge in [-0.1, -0.05) is 12.1 Å². The van der Waals surface area contributed by atoms with E-state index in [-0.39, 0.29) is 12.0 Å². The number of Topliss-reactive ketones (excluding diaryl/α,β-unsaturated/α-hetero) is 1. The molecule has 0 amide bonds. The lowest BCUT2D eigenvalue weighted by atomic mass is 9.96. The summed E-state index contributed by atoms with van der Waals surface area (Å²) in [5, 5.41) is 0. The number of carbonyl (C=O) groups is 1. The highest BCUT2D eigenvalue weighted by Crippen LogP contribution is 2.35. The van der Waals surface area contributed by atoms with Gasteiger partial charge in [0, 0.05) is 37.2 Å². The Bertz CT molecular complexity index is 1550. The van der Waals surface area contributed by atoms with Gasteiger partial charge in [0.25, 0.3) is 0 Å². The molecule has 3 heterocycles. The van der Waals surface area contributed by atoms with Crippen molar-refractivity contribution in [1.29, 1.82) is 0 Å². The summed E-state index contributed by atoms with van der Waals surface area (Å²) in [4.78, 5) is 30.1. The average molecular weight is 508 g/mol. The Hall–Kier alpha value is -4.34. The molecule has 1 aliphatic heterocycles. The lowest BCUT2D eigenvalue weighted by molar-refractivity contribution is -0.137. The van der Waals surface area contributed by atoms with Crippen LogP contribution >= 0.6 is 0 Å². The van der Waals surface area contributed by atoms with Gasteiger partial charge in [-0.3, -0.25) is 14.8 Å². The molecule has 10 heteroatoms. The molecule has 0 aliphatic carbocycles. The highest BCUT2D eigenvalue weighted by atomic mass is 19.4. The number of aliphatic imine (C=N–C) groups is 1. The number of fused-ring (bicyclic) bond motifs is 1. The van der Waals surface area contributed by atoms with Crippen LogP contribution in [0.15, 0.2) is 66.0 Å². The maximum Gasteiger partial charge on any atom is 0.416 e. The monoisotopic (exact) mass is 508 g/mol. The van der Waals surface area contributed by atoms with Crippen LogP contribution in [0.4, 0.5) is 27.6 Å². The molecule has 2 aromatic carbocycles. The average Bonchev–Trinajstić information content (AvgIpc) is 3.35. The lowest BCUT2D eigenvalue weighted by Gasteiger charge is -2.12. The van der Waals surface area contributed by atoms with Crippen LogP contribution in [0.1, 0.15) is 38.4 Å². The van der Waals surface area contributed by atoms with E-state index in [0.717, 1.165) is 11.8 Å². The van der Waals surface area contributed by atoms with E-state index in [2.05, 4.69) is 19.9 Å². The van der Waals surface area contributed by atoms with E-state index in [0.29, 0.717) is 52.8 Å². The third-order valence-electron chi connectivity index (χ3n) is 5.98. The minimum atomic E-state index is -4.75. The van der Waals surface area contributed by atoms with Crippen molar-refractivity contribution in [3.8, 4) is 11.3 Å². The van der Waals surface area contributed by atoms with E-state index in [9.17, 15) is 26.7 Å². The number of carbonyl (C=O) groups excluding carboxylic acids is 1. The van der Waals surface area contributed by atoms with Crippen molar-refractivity contribution in [2.45, 2.75) is 25.4 Å². The minimum Gasteiger partial charge on any atom is -0.294 e. The van der Waals surface area contributed by atoms with Crippen molar-refractivity contribution in [2.24, 2.45) is 4.99 Å². The van der Waals surface area contributed by atoms with Gasteiger partial charge in [0.05, 0.1) is 22.5 Å². The standard InChI is InChI=1S/C27H17F5N4O/c28-20-5-3-15(10-16(20)12-24(37)19-13-17(27(30,31)32)4-6-21(19)29)11-23-18(2-1-8-33-23)25-26-22(7-9-34-26)35-14-36-25/h1-6,8-10,13-14H,7,11-12H2. The van der Waals surface area contributed by atoms with Gasteiger partial charge in [-0.2, -0.15) is 13.2 Å². The molecule has 5 nitrogen and oxygen atoms in total. The van der Waals surface area contributed by atoms with E-state index in [1.165, 1.54) is 18.5 Å². The van der Waals surface area contributed by atoms with Gasteiger partial charge < -0.3 is 0 Å². The summed E-state index contributed by atoms with van der Waals surface area (Å²) in [6.07, 6.45) is 0.294. The largest absolute Gasteiger partial charge is 0.416 e. The highest BCUT2D eigenvalue weighted by molar-refractivity contribution is 5.98. The zero-order valence-electron chi connectivity index (χ0n) is 19.1. The molecular formula is C27H17F5N4O. The third-order valence-corrected chi connectivity index (χ3v) is 5.98. The van der Waals surface area contributed by atoms with Gasteiger partial charge in [0.1, 0.15) is 29.3 Å². The highest BCUT2D eigenvalue weighted by Gasteiger charge is 2.32. The summed E-state index contributed by atoms with van der Waals surface area (Å²) in [6.45, 7) is 0. The molecule has 0 bridgehead atoms. The number of benzene rings is 2. The lowest BCUT2D eigenvalue weighted by Crippen LogP contribution is -2.12. The van der Waals surface area contributed by atoms with E-state index < -0.39 is 41.1 Å². The summed E-state index contributed by atoms with van der Waals surface area (Å²) in [5.41, 5.74) is 2.03. The summed E-state index contributed by atoms with van der Waals surface area (Å²) < 4.78 is 67.8. The van der Waals surface area contributed by atoms with E-state index in [1.54, 1.807) is 18.5 Å². The SMILES string of the molecule is O=C(Cc1cc(Cc2ncccc2-c2ncnc3c2N=CC3)ccc1F)c1cc(C(F)(F)F)ccc1F. The molecule has 5 rings (SSSR count). The predicted molar refractivity (Wildman–Crippen MR) is 126 cm³/mol. The molecule has 0 fully saturated rings. The molecule has 186 valence electrons. The second-order valence-electron chi connectivity index (χ2n) is 8.43. The van der Waals surface area contributed by atoms with Crippen LogP contribution in [-0.4, -0.2) is 26.9 Å². The number of pyridine rings is 1. The second kappa shape index (κ2) is 9.61. The third kappa shape index (κ3) is 5.00. The number of aromatic nitrogens is 3. The first-order valence-electron chi connectivity index (χ1n) is 11.2. The summed E-state index contributed by atoms with van der Waals surface area (Å²) in [7, 11) is 0. The predicted octanol–water partition coefficient (Wildman–Crippen LogP) is 6.11. The van der Waals surface area contributed by atoms with Crippen LogP contribution in [0.25, 0.3) is 11.3 Å². The number of hydrogen-bond acceptors (Lipinski definition) is 5.